The minimum Gasteiger partial charge on any atom is -0.468 e. The van der Waals surface area contributed by atoms with Crippen molar-refractivity contribution < 1.29 is 38.3 Å². The summed E-state index contributed by atoms with van der Waals surface area (Å²) in [6.07, 6.45) is -1.31. The Hall–Kier alpha value is -2.54. The van der Waals surface area contributed by atoms with Crippen LogP contribution in [-0.2, 0) is 26.2 Å². The fraction of sp³-hybridized carbons (Fsp3) is 0.600. The third-order valence-corrected chi connectivity index (χ3v) is 7.57. The van der Waals surface area contributed by atoms with Crippen LogP contribution in [0, 0.1) is 5.82 Å². The Labute approximate surface area is 250 Å². The molecular formula is C30H41ClFN3O7. The van der Waals surface area contributed by atoms with Crippen LogP contribution in [0.2, 0.25) is 5.02 Å². The van der Waals surface area contributed by atoms with Crippen molar-refractivity contribution in [3.63, 3.8) is 0 Å². The van der Waals surface area contributed by atoms with Crippen LogP contribution in [0.15, 0.2) is 18.2 Å². The molecule has 0 bridgehead atoms. The zero-order valence-electron chi connectivity index (χ0n) is 24.9. The molecule has 0 radical (unpaired) electrons. The van der Waals surface area contributed by atoms with Crippen LogP contribution >= 0.6 is 11.6 Å². The highest BCUT2D eigenvalue weighted by molar-refractivity contribution is 6.32. The highest BCUT2D eigenvalue weighted by atomic mass is 35.5. The van der Waals surface area contributed by atoms with E-state index in [1.807, 2.05) is 47.6 Å². The molecule has 3 fully saturated rings. The number of aromatic nitrogens is 3. The molecule has 232 valence electrons. The average molecular weight is 610 g/mol. The first-order valence-electron chi connectivity index (χ1n) is 14.8. The molecule has 0 saturated carbocycles. The number of halogens is 2. The normalized spacial score (nSPS) is 26.4. The van der Waals surface area contributed by atoms with Crippen LogP contribution in [0.3, 0.4) is 0 Å². The van der Waals surface area contributed by atoms with Gasteiger partial charge in [-0.1, -0.05) is 59.2 Å². The molecule has 10 nitrogen and oxygen atoms in total. The van der Waals surface area contributed by atoms with Crippen LogP contribution < -0.4 is 9.47 Å². The van der Waals surface area contributed by atoms with Crippen LogP contribution in [0.5, 0.6) is 11.9 Å². The second-order valence-electron chi connectivity index (χ2n) is 9.71. The number of H-pyrrole nitrogens is 1. The van der Waals surface area contributed by atoms with Crippen LogP contribution in [0.25, 0.3) is 11.2 Å². The van der Waals surface area contributed by atoms with Crippen molar-refractivity contribution in [3.05, 3.63) is 45.7 Å². The topological polar surface area (TPSA) is 128 Å². The van der Waals surface area contributed by atoms with Gasteiger partial charge in [0.1, 0.15) is 40.9 Å². The van der Waals surface area contributed by atoms with Crippen LogP contribution in [0.4, 0.5) is 4.39 Å². The number of ether oxygens (including phenoxy) is 5. The number of rotatable bonds is 5. The molecule has 3 aliphatic heterocycles. The van der Waals surface area contributed by atoms with Gasteiger partial charge in [0.05, 0.1) is 31.9 Å². The second-order valence-corrected chi connectivity index (χ2v) is 10.1. The van der Waals surface area contributed by atoms with Crippen molar-refractivity contribution >= 4 is 22.8 Å². The van der Waals surface area contributed by atoms with E-state index in [9.17, 15) is 10.2 Å². The number of aryl methyl sites for hydroxylation is 1. The fourth-order valence-corrected chi connectivity index (χ4v) is 5.56. The maximum absolute atomic E-state index is 15.1. The van der Waals surface area contributed by atoms with Gasteiger partial charge >= 0.3 is 0 Å². The molecule has 3 N–H and O–H groups in total. The minimum atomic E-state index is -1.14. The van der Waals surface area contributed by atoms with Gasteiger partial charge < -0.3 is 38.9 Å². The number of nitrogens with one attached hydrogen (secondary N) is 1. The molecular weight excluding hydrogens is 569 g/mol. The molecule has 42 heavy (non-hydrogen) atoms. The Morgan fingerprint density at radius 2 is 1.71 bits per heavy atom. The fourth-order valence-electron chi connectivity index (χ4n) is 5.36. The summed E-state index contributed by atoms with van der Waals surface area (Å²) in [5.74, 6) is -0.296. The van der Waals surface area contributed by atoms with E-state index in [1.54, 1.807) is 6.07 Å². The summed E-state index contributed by atoms with van der Waals surface area (Å²) in [7, 11) is 0. The summed E-state index contributed by atoms with van der Waals surface area (Å²) in [6.45, 7) is 12.8. The van der Waals surface area contributed by atoms with Gasteiger partial charge in [-0.05, 0) is 36.1 Å². The summed E-state index contributed by atoms with van der Waals surface area (Å²) >= 11 is 6.44. The molecule has 4 aliphatic rings. The van der Waals surface area contributed by atoms with Crippen LogP contribution in [-0.4, -0.2) is 76.0 Å². The van der Waals surface area contributed by atoms with Crippen molar-refractivity contribution in [1.29, 1.82) is 0 Å². The standard InChI is InChI=1S/C24H23ClFN3O7.3C2H6/c25-12-5-14-21(29-23(27-14)36-17-7-34-19-15(30)6-33-20(17)19)28-22(12)35-16-2-1-10-3-11(4-13(26)18(10)16)24(31)8-32-9-24;3*1-2/h3-5,15-17,19-20,30-31H,1-2,6-9H2,(H,27,28,29);3*1-2H3/t15-,16?,17-,19?,20-;;;/m1.../s1. The smallest absolute Gasteiger partial charge is 0.296 e. The van der Waals surface area contributed by atoms with Crippen molar-refractivity contribution in [2.45, 2.75) is 90.5 Å². The summed E-state index contributed by atoms with van der Waals surface area (Å²) in [6, 6.07) is 5.02. The molecule has 2 aromatic heterocycles. The lowest BCUT2D eigenvalue weighted by molar-refractivity contribution is -0.184. The SMILES string of the molecule is CC.CC.CC.O[C@@H]1CO[C@H]2C1OC[C@H]2Oc1nc2nc(OC3CCc4cc(C5(O)COC5)cc(F)c43)c(Cl)cc2[nH]1. The molecule has 2 unspecified atom stereocenters. The van der Waals surface area contributed by atoms with E-state index >= 15 is 4.39 Å². The van der Waals surface area contributed by atoms with E-state index in [-0.39, 0.29) is 49.4 Å². The first-order chi connectivity index (χ1) is 20.4. The molecule has 1 aromatic carbocycles. The predicted molar refractivity (Wildman–Crippen MR) is 156 cm³/mol. The number of aromatic amines is 1. The molecule has 12 heteroatoms. The minimum absolute atomic E-state index is 0.140. The highest BCUT2D eigenvalue weighted by Crippen LogP contribution is 2.41. The van der Waals surface area contributed by atoms with E-state index in [1.165, 1.54) is 6.07 Å². The monoisotopic (exact) mass is 609 g/mol. The quantitative estimate of drug-likeness (QED) is 0.365. The zero-order chi connectivity index (χ0) is 30.6. The number of imidazole rings is 1. The first kappa shape index (κ1) is 32.4. The molecule has 7 rings (SSSR count). The number of aliphatic hydroxyl groups excluding tert-OH is 1. The number of nitrogens with zero attached hydrogens (tertiary/aromatic N) is 2. The third-order valence-electron chi connectivity index (χ3n) is 7.30. The molecule has 3 saturated heterocycles. The lowest BCUT2D eigenvalue weighted by atomic mass is 9.89. The average Bonchev–Trinajstić information content (AvgIpc) is 3.77. The Bertz CT molecular complexity index is 1350. The number of hydrogen-bond acceptors (Lipinski definition) is 9. The van der Waals surface area contributed by atoms with Gasteiger partial charge in [0.25, 0.3) is 6.01 Å². The lowest BCUT2D eigenvalue weighted by Gasteiger charge is -2.37. The van der Waals surface area contributed by atoms with Crippen molar-refractivity contribution in [3.8, 4) is 11.9 Å². The van der Waals surface area contributed by atoms with Crippen molar-refractivity contribution in [2.24, 2.45) is 0 Å². The van der Waals surface area contributed by atoms with Gasteiger partial charge in [-0.15, -0.1) is 0 Å². The van der Waals surface area contributed by atoms with Gasteiger partial charge in [0.2, 0.25) is 5.88 Å². The largest absolute Gasteiger partial charge is 0.468 e. The Morgan fingerprint density at radius 1 is 1.00 bits per heavy atom. The van der Waals surface area contributed by atoms with Gasteiger partial charge in [-0.2, -0.15) is 9.97 Å². The van der Waals surface area contributed by atoms with Crippen LogP contribution in [0.1, 0.15) is 70.8 Å². The number of benzene rings is 1. The number of hydrogen-bond donors (Lipinski definition) is 3. The molecule has 5 atom stereocenters. The van der Waals surface area contributed by atoms with Crippen molar-refractivity contribution in [1.82, 2.24) is 15.0 Å². The third kappa shape index (κ3) is 6.09. The first-order valence-corrected chi connectivity index (χ1v) is 15.2. The predicted octanol–water partition coefficient (Wildman–Crippen LogP) is 5.02. The van der Waals surface area contributed by atoms with E-state index in [0.29, 0.717) is 35.1 Å². The van der Waals surface area contributed by atoms with Gasteiger partial charge in [0.15, 0.2) is 11.8 Å². The lowest BCUT2D eigenvalue weighted by Crippen LogP contribution is -2.46. The van der Waals surface area contributed by atoms with Gasteiger partial charge in [-0.25, -0.2) is 4.39 Å². The second kappa shape index (κ2) is 13.8. The Kier molecular flexibility index (Phi) is 10.7. The molecule has 3 aromatic rings. The summed E-state index contributed by atoms with van der Waals surface area (Å²) in [5, 5.41) is 20.7. The summed E-state index contributed by atoms with van der Waals surface area (Å²) in [5.41, 5.74) is 1.49. The Morgan fingerprint density at radius 3 is 2.40 bits per heavy atom. The number of aliphatic hydroxyl groups is 2. The zero-order valence-corrected chi connectivity index (χ0v) is 25.7. The number of pyridine rings is 1. The maximum Gasteiger partial charge on any atom is 0.296 e. The maximum atomic E-state index is 15.1. The van der Waals surface area contributed by atoms with E-state index in [0.717, 1.165) is 5.56 Å². The van der Waals surface area contributed by atoms with E-state index in [4.69, 9.17) is 35.3 Å². The Balaban J connectivity index is 0.000000637. The summed E-state index contributed by atoms with van der Waals surface area (Å²) in [4.78, 5) is 11.9. The molecule has 1 aliphatic carbocycles. The highest BCUT2D eigenvalue weighted by Gasteiger charge is 2.48. The molecule has 0 amide bonds. The number of fused-ring (bicyclic) bond motifs is 3. The summed E-state index contributed by atoms with van der Waals surface area (Å²) < 4.78 is 43.4. The van der Waals surface area contributed by atoms with Gasteiger partial charge in [-0.3, -0.25) is 0 Å². The molecule has 5 heterocycles. The van der Waals surface area contributed by atoms with Crippen molar-refractivity contribution in [2.75, 3.05) is 26.4 Å². The van der Waals surface area contributed by atoms with E-state index < -0.39 is 35.8 Å². The van der Waals surface area contributed by atoms with E-state index in [2.05, 4.69) is 15.0 Å². The van der Waals surface area contributed by atoms with Gasteiger partial charge in [0, 0.05) is 5.56 Å². The molecule has 0 spiro atoms.